The number of nitrogens with zero attached hydrogens (tertiary/aromatic N) is 1. The molecule has 0 bridgehead atoms. The first-order valence-electron chi connectivity index (χ1n) is 7.60. The fraction of sp³-hybridized carbons (Fsp3) is 0.625. The third-order valence-electron chi connectivity index (χ3n) is 4.34. The highest BCUT2D eigenvalue weighted by Crippen LogP contribution is 2.28. The second-order valence-corrected chi connectivity index (χ2v) is 6.15. The lowest BCUT2D eigenvalue weighted by atomic mass is 10.0. The van der Waals surface area contributed by atoms with Crippen LogP contribution in [-0.4, -0.2) is 30.6 Å². The molecule has 0 amide bonds. The van der Waals surface area contributed by atoms with E-state index in [1.807, 2.05) is 6.07 Å². The zero-order chi connectivity index (χ0) is 13.1. The van der Waals surface area contributed by atoms with Crippen LogP contribution in [0.2, 0.25) is 0 Å². The molecule has 0 radical (unpaired) electrons. The molecule has 0 atom stereocenters. The fourth-order valence-electron chi connectivity index (χ4n) is 2.90. The number of hydrogen-bond acceptors (Lipinski definition) is 3. The van der Waals surface area contributed by atoms with E-state index in [1.54, 1.807) is 0 Å². The van der Waals surface area contributed by atoms with Crippen LogP contribution in [0, 0.1) is 5.92 Å². The van der Waals surface area contributed by atoms with Gasteiger partial charge in [0.25, 0.3) is 0 Å². The minimum Gasteiger partial charge on any atom is -0.399 e. The monoisotopic (exact) mass is 331 g/mol. The van der Waals surface area contributed by atoms with E-state index >= 15 is 0 Å². The standard InChI is InChI=1S/C16H25N3.2ClH/c17-15-3-1-2-14(10-15)12-19-8-6-16(7-9-19)18-11-13-4-5-13;;/h1-3,10,13,16,18H,4-9,11-12,17H2;2*1H. The third-order valence-corrected chi connectivity index (χ3v) is 4.34. The van der Waals surface area contributed by atoms with Crippen LogP contribution >= 0.6 is 24.8 Å². The van der Waals surface area contributed by atoms with Gasteiger partial charge in [-0.05, 0) is 68.9 Å². The van der Waals surface area contributed by atoms with Crippen molar-refractivity contribution in [2.24, 2.45) is 5.92 Å². The summed E-state index contributed by atoms with van der Waals surface area (Å²) in [6.07, 6.45) is 5.46. The van der Waals surface area contributed by atoms with Gasteiger partial charge in [-0.3, -0.25) is 4.90 Å². The average Bonchev–Trinajstić information content (AvgIpc) is 3.22. The molecule has 1 aliphatic carbocycles. The Morgan fingerprint density at radius 3 is 2.43 bits per heavy atom. The Morgan fingerprint density at radius 2 is 1.81 bits per heavy atom. The predicted octanol–water partition coefficient (Wildman–Crippen LogP) is 3.08. The summed E-state index contributed by atoms with van der Waals surface area (Å²) < 4.78 is 0. The zero-order valence-corrected chi connectivity index (χ0v) is 14.1. The van der Waals surface area contributed by atoms with Crippen LogP contribution in [0.3, 0.4) is 0 Å². The minimum atomic E-state index is 0. The van der Waals surface area contributed by atoms with Crippen molar-refractivity contribution < 1.29 is 0 Å². The second-order valence-electron chi connectivity index (χ2n) is 6.15. The molecule has 1 saturated carbocycles. The lowest BCUT2D eigenvalue weighted by Gasteiger charge is -2.32. The summed E-state index contributed by atoms with van der Waals surface area (Å²) in [6.45, 7) is 4.70. The Labute approximate surface area is 140 Å². The van der Waals surface area contributed by atoms with Gasteiger partial charge >= 0.3 is 0 Å². The number of halogens is 2. The fourth-order valence-corrected chi connectivity index (χ4v) is 2.90. The van der Waals surface area contributed by atoms with Crippen molar-refractivity contribution in [3.05, 3.63) is 29.8 Å². The van der Waals surface area contributed by atoms with Gasteiger partial charge in [0.05, 0.1) is 0 Å². The van der Waals surface area contributed by atoms with Gasteiger partial charge in [0.15, 0.2) is 0 Å². The molecule has 120 valence electrons. The predicted molar refractivity (Wildman–Crippen MR) is 94.4 cm³/mol. The Bertz CT molecular complexity index is 416. The molecule has 1 saturated heterocycles. The SMILES string of the molecule is Cl.Cl.Nc1cccc(CN2CCC(NCC3CC3)CC2)c1. The molecule has 3 rings (SSSR count). The van der Waals surface area contributed by atoms with Gasteiger partial charge in [-0.1, -0.05) is 12.1 Å². The largest absolute Gasteiger partial charge is 0.399 e. The van der Waals surface area contributed by atoms with Crippen molar-refractivity contribution in [3.8, 4) is 0 Å². The summed E-state index contributed by atoms with van der Waals surface area (Å²) in [7, 11) is 0. The highest BCUT2D eigenvalue weighted by atomic mass is 35.5. The van der Waals surface area contributed by atoms with Crippen molar-refractivity contribution in [1.29, 1.82) is 0 Å². The summed E-state index contributed by atoms with van der Waals surface area (Å²) >= 11 is 0. The quantitative estimate of drug-likeness (QED) is 0.814. The molecule has 0 unspecified atom stereocenters. The molecular weight excluding hydrogens is 305 g/mol. The molecule has 3 N–H and O–H groups in total. The van der Waals surface area contributed by atoms with E-state index in [9.17, 15) is 0 Å². The maximum Gasteiger partial charge on any atom is 0.0317 e. The lowest BCUT2D eigenvalue weighted by molar-refractivity contribution is 0.190. The van der Waals surface area contributed by atoms with E-state index in [2.05, 4.69) is 28.4 Å². The smallest absolute Gasteiger partial charge is 0.0317 e. The van der Waals surface area contributed by atoms with E-state index in [0.29, 0.717) is 0 Å². The first-order chi connectivity index (χ1) is 9.29. The highest BCUT2D eigenvalue weighted by Gasteiger charge is 2.24. The van der Waals surface area contributed by atoms with Gasteiger partial charge in [0.1, 0.15) is 0 Å². The first-order valence-corrected chi connectivity index (χ1v) is 7.60. The van der Waals surface area contributed by atoms with Crippen molar-refractivity contribution in [2.75, 3.05) is 25.4 Å². The van der Waals surface area contributed by atoms with Crippen molar-refractivity contribution >= 4 is 30.5 Å². The summed E-state index contributed by atoms with van der Waals surface area (Å²) in [5.41, 5.74) is 8.04. The summed E-state index contributed by atoms with van der Waals surface area (Å²) in [4.78, 5) is 2.55. The summed E-state index contributed by atoms with van der Waals surface area (Å²) in [5.74, 6) is 0.991. The molecule has 1 aliphatic heterocycles. The Morgan fingerprint density at radius 1 is 1.10 bits per heavy atom. The third kappa shape index (κ3) is 6.03. The van der Waals surface area contributed by atoms with E-state index in [-0.39, 0.29) is 24.8 Å². The molecule has 2 aliphatic rings. The van der Waals surface area contributed by atoms with E-state index < -0.39 is 0 Å². The average molecular weight is 332 g/mol. The molecule has 21 heavy (non-hydrogen) atoms. The van der Waals surface area contributed by atoms with Crippen molar-refractivity contribution in [2.45, 2.75) is 38.3 Å². The Kier molecular flexibility index (Phi) is 7.82. The van der Waals surface area contributed by atoms with Crippen molar-refractivity contribution in [1.82, 2.24) is 10.2 Å². The number of likely N-dealkylation sites (tertiary alicyclic amines) is 1. The van der Waals surface area contributed by atoms with Crippen molar-refractivity contribution in [3.63, 3.8) is 0 Å². The van der Waals surface area contributed by atoms with Gasteiger partial charge in [0, 0.05) is 18.3 Å². The number of rotatable bonds is 5. The maximum absolute atomic E-state index is 5.83. The number of hydrogen-bond donors (Lipinski definition) is 2. The molecule has 1 aromatic carbocycles. The zero-order valence-electron chi connectivity index (χ0n) is 12.5. The van der Waals surface area contributed by atoms with Crippen LogP contribution in [-0.2, 0) is 6.54 Å². The number of anilines is 1. The minimum absolute atomic E-state index is 0. The molecule has 0 aromatic heterocycles. The summed E-state index contributed by atoms with van der Waals surface area (Å²) in [6, 6.07) is 9.02. The molecule has 5 heteroatoms. The topological polar surface area (TPSA) is 41.3 Å². The van der Waals surface area contributed by atoms with Crippen LogP contribution in [0.25, 0.3) is 0 Å². The van der Waals surface area contributed by atoms with Gasteiger partial charge < -0.3 is 11.1 Å². The number of nitrogens with two attached hydrogens (primary N) is 1. The molecule has 0 spiro atoms. The van der Waals surface area contributed by atoms with E-state index in [1.165, 1.54) is 50.9 Å². The number of piperidine rings is 1. The molecule has 2 fully saturated rings. The second kappa shape index (κ2) is 8.84. The molecule has 1 aromatic rings. The lowest BCUT2D eigenvalue weighted by Crippen LogP contribution is -2.42. The number of nitrogen functional groups attached to an aromatic ring is 1. The van der Waals surface area contributed by atoms with Gasteiger partial charge in [-0.2, -0.15) is 0 Å². The summed E-state index contributed by atoms with van der Waals surface area (Å²) in [5, 5.41) is 3.73. The van der Waals surface area contributed by atoms with Gasteiger partial charge in [0.2, 0.25) is 0 Å². The number of nitrogens with one attached hydrogen (secondary N) is 1. The van der Waals surface area contributed by atoms with Crippen LogP contribution < -0.4 is 11.1 Å². The highest BCUT2D eigenvalue weighted by molar-refractivity contribution is 5.85. The van der Waals surface area contributed by atoms with Crippen LogP contribution in [0.15, 0.2) is 24.3 Å². The molecular formula is C16H27Cl2N3. The molecule has 1 heterocycles. The van der Waals surface area contributed by atoms with E-state index in [0.717, 1.165) is 24.2 Å². The van der Waals surface area contributed by atoms with Crippen LogP contribution in [0.4, 0.5) is 5.69 Å². The van der Waals surface area contributed by atoms with E-state index in [4.69, 9.17) is 5.73 Å². The van der Waals surface area contributed by atoms with Crippen LogP contribution in [0.1, 0.15) is 31.2 Å². The first kappa shape index (κ1) is 18.6. The van der Waals surface area contributed by atoms with Gasteiger partial charge in [-0.25, -0.2) is 0 Å². The Balaban J connectivity index is 0.00000110. The van der Waals surface area contributed by atoms with Gasteiger partial charge in [-0.15, -0.1) is 24.8 Å². The normalized spacial score (nSPS) is 19.6. The Hall–Kier alpha value is -0.480. The molecule has 3 nitrogen and oxygen atoms in total. The maximum atomic E-state index is 5.83. The van der Waals surface area contributed by atoms with Crippen LogP contribution in [0.5, 0.6) is 0 Å². The number of benzene rings is 1.